The predicted octanol–water partition coefficient (Wildman–Crippen LogP) is 15.4. The lowest BCUT2D eigenvalue weighted by molar-refractivity contribution is -0.298. The summed E-state index contributed by atoms with van der Waals surface area (Å²) < 4.78 is 66.2. The molecule has 5 rings (SSSR count). The summed E-state index contributed by atoms with van der Waals surface area (Å²) in [5, 5.41) is 71.0. The molecule has 0 spiro atoms. The first kappa shape index (κ1) is 111. The molecule has 0 radical (unpaired) electrons. The minimum atomic E-state index is -2.43. The number of carbonyl (C=O) groups excluding carboxylic acids is 3. The van der Waals surface area contributed by atoms with Gasteiger partial charge in [-0.2, -0.15) is 9.59 Å². The minimum Gasteiger partial charge on any atom is -0.459 e. The van der Waals surface area contributed by atoms with E-state index >= 15 is 0 Å². The first-order chi connectivity index (χ1) is 52.5. The molecule has 0 bridgehead atoms. The monoisotopic (exact) mass is 1690 g/mol. The smallest absolute Gasteiger partial charge is 0.373 e. The summed E-state index contributed by atoms with van der Waals surface area (Å²) in [6.07, 6.45) is 1.43. The number of hydrogen-bond acceptors (Lipinski definition) is 23. The highest BCUT2D eigenvalue weighted by molar-refractivity contribution is 6.74. The number of ether oxygens (including phenoxy) is 8. The zero-order valence-electron chi connectivity index (χ0n) is 81.6. The average Bonchev–Trinajstić information content (AvgIpc) is 1.03. The Morgan fingerprint density at radius 2 is 1.07 bits per heavy atom. The van der Waals surface area contributed by atoms with Crippen molar-refractivity contribution < 1.29 is 91.8 Å². The molecule has 31 atom stereocenters. The van der Waals surface area contributed by atoms with Gasteiger partial charge in [-0.3, -0.25) is 4.79 Å². The van der Waals surface area contributed by atoms with Gasteiger partial charge < -0.3 is 97.0 Å². The number of esters is 1. The van der Waals surface area contributed by atoms with Crippen LogP contribution in [0.2, 0.25) is 36.3 Å². The fourth-order valence-electron chi connectivity index (χ4n) is 19.2. The summed E-state index contributed by atoms with van der Waals surface area (Å²) >= 11 is 0. The van der Waals surface area contributed by atoms with Crippen LogP contribution in [0.15, 0.2) is 0 Å². The molecular formula is C91H182N4O19Si2. The number of carbonyl (C=O) groups is 1. The van der Waals surface area contributed by atoms with Crippen LogP contribution < -0.4 is 0 Å². The molecule has 116 heavy (non-hydrogen) atoms. The SMILES string of the molecule is CC1CC(C)(C)C[C@H](C)O1.CC[C@@H](O)[C@H](C)[C@@H](OC1O[C@H](C)C[C@H](N(C)C)[C@H]1C)[C@](C)(O)C[C@@H](C)CN(C)[C@H](C)[C@@H](O[Si](C)(C)C(C)(C)C)[C@](C)(O)[C@H](O)CC.CC[C@H]1OC(=O)[C@H](C)[C@@H](OC2CC(C)(C)C[C@H](C)O2)[C@H](C)[C@@H](OC2O[C@H](C)C[C@H](N(C)C)[C@H]2C)[C@](C)(O)C[C@@H](C)CN(C)[C@H](C)[C@@H](O[Si](C)(C)C(C)(C)C)[C@]1(C)O.O=C=O. The van der Waals surface area contributed by atoms with Crippen molar-refractivity contribution in [1.29, 1.82) is 0 Å². The molecule has 6 N–H and O–H groups in total. The molecule has 0 saturated carbocycles. The molecule has 0 aromatic carbocycles. The fourth-order valence-corrected chi connectivity index (χ4v) is 22.0. The van der Waals surface area contributed by atoms with E-state index in [-0.39, 0.29) is 93.7 Å². The standard InChI is InChI=1S/C45H88N2O9Si.C36H76N2O7Si.C9H18O.CO2/c1-21-35-45(15,50)39(56-57(19,20)42(9,10)11)33(8)47(18)26-27(2)23-44(14,49)38(55-41-30(5)34(46(16)17)22-28(3)52-41)31(6)37(32(7)40(48)53-35)54-36-25-43(12,13)24-29(4)51-36;1-18-29(39)26(6)31(44-33-25(5)28(37(13)14)20-24(4)43-33)35(11,41)21-23(3)22-38(15)27(7)32(36(12,42)30(40)19-2)45-46(16,17)34(8,9)10;1-7-5-9(3,4)6-8(2)10-7;2-1-3/h27-39,41,49-50H,21-26H2,1-20H3;23-33,39-42H,18-22H2,1-17H3;7-8H,5-6H2,1-4H3;/t27-,28-,29+,30-,31+,32-,33-,34+,35-,36?,37+,38-,39-,41?,44-,45-;23-,24-,25-,26+,27-,28+,29-,30-,31-,32-,33?,35-,36-;7-,8?;/m110./s1. The second kappa shape index (κ2) is 45.1. The largest absolute Gasteiger partial charge is 0.459 e. The lowest BCUT2D eigenvalue weighted by Crippen LogP contribution is -2.63. The lowest BCUT2D eigenvalue weighted by atomic mass is 9.77. The van der Waals surface area contributed by atoms with Crippen LogP contribution in [0.3, 0.4) is 0 Å². The molecule has 5 heterocycles. The highest BCUT2D eigenvalue weighted by atomic mass is 28.4. The normalized spacial score (nSPS) is 36.6. The van der Waals surface area contributed by atoms with E-state index in [1.165, 1.54) is 12.8 Å². The van der Waals surface area contributed by atoms with E-state index < -0.39 is 125 Å². The third kappa shape index (κ3) is 31.6. The van der Waals surface area contributed by atoms with Crippen LogP contribution in [0.5, 0.6) is 0 Å². The van der Waals surface area contributed by atoms with Gasteiger partial charge in [0.1, 0.15) is 17.3 Å². The summed E-state index contributed by atoms with van der Waals surface area (Å²) in [5.41, 5.74) is -5.14. The number of cyclic esters (lactones) is 1. The Balaban J connectivity index is 0.000000690. The van der Waals surface area contributed by atoms with E-state index in [1.54, 1.807) is 13.8 Å². The van der Waals surface area contributed by atoms with Gasteiger partial charge >= 0.3 is 12.1 Å². The van der Waals surface area contributed by atoms with Crippen molar-refractivity contribution in [3.05, 3.63) is 0 Å². The maximum atomic E-state index is 14.7. The summed E-state index contributed by atoms with van der Waals surface area (Å²) in [5.74, 6) is -1.99. The van der Waals surface area contributed by atoms with Gasteiger partial charge in [-0.25, -0.2) is 0 Å². The lowest BCUT2D eigenvalue weighted by Gasteiger charge is -2.49. The van der Waals surface area contributed by atoms with Crippen LogP contribution in [0.25, 0.3) is 0 Å². The minimum absolute atomic E-state index is 0.00691. The van der Waals surface area contributed by atoms with Gasteiger partial charge in [0.2, 0.25) is 0 Å². The summed E-state index contributed by atoms with van der Waals surface area (Å²) in [6, 6.07) is 0.0285. The predicted molar refractivity (Wildman–Crippen MR) is 470 cm³/mol. The van der Waals surface area contributed by atoms with Gasteiger partial charge in [0, 0.05) is 67.3 Å². The number of aliphatic hydroxyl groups excluding tert-OH is 2. The van der Waals surface area contributed by atoms with E-state index in [4.69, 9.17) is 56.3 Å². The number of aliphatic hydroxyl groups is 6. The van der Waals surface area contributed by atoms with Gasteiger partial charge in [0.05, 0.1) is 90.4 Å². The fraction of sp³-hybridized carbons (Fsp3) is 0.978. The summed E-state index contributed by atoms with van der Waals surface area (Å²) in [4.78, 5) is 39.8. The molecule has 4 unspecified atom stereocenters. The molecule has 25 heteroatoms. The topological polar surface area (TPSA) is 278 Å². The second-order valence-corrected chi connectivity index (χ2v) is 53.0. The third-order valence-electron chi connectivity index (χ3n) is 27.8. The van der Waals surface area contributed by atoms with Crippen LogP contribution in [0, 0.1) is 52.3 Å². The Bertz CT molecular complexity index is 2870. The first-order valence-corrected chi connectivity index (χ1v) is 50.4. The Kier molecular flexibility index (Phi) is 43.0. The number of nitrogens with zero attached hydrogens (tertiary/aromatic N) is 4. The van der Waals surface area contributed by atoms with Crippen LogP contribution in [0.1, 0.15) is 285 Å². The van der Waals surface area contributed by atoms with Crippen LogP contribution in [0.4, 0.5) is 0 Å². The molecule has 0 aliphatic carbocycles. The van der Waals surface area contributed by atoms with Gasteiger partial charge in [0.25, 0.3) is 0 Å². The number of hydrogen-bond donors (Lipinski definition) is 6. The Morgan fingerprint density at radius 3 is 1.50 bits per heavy atom. The molecule has 688 valence electrons. The molecule has 5 saturated heterocycles. The van der Waals surface area contributed by atoms with Crippen LogP contribution in [-0.4, -0.2) is 279 Å². The van der Waals surface area contributed by atoms with Gasteiger partial charge in [0.15, 0.2) is 35.5 Å². The number of rotatable bonds is 26. The van der Waals surface area contributed by atoms with Crippen molar-refractivity contribution in [3.63, 3.8) is 0 Å². The Hall–Kier alpha value is -1.48. The Labute approximate surface area is 710 Å². The van der Waals surface area contributed by atoms with Crippen molar-refractivity contribution >= 4 is 28.8 Å². The van der Waals surface area contributed by atoms with Gasteiger partial charge in [-0.1, -0.05) is 132 Å². The van der Waals surface area contributed by atoms with Gasteiger partial charge in [-0.05, 0) is 249 Å². The highest BCUT2D eigenvalue weighted by Crippen LogP contribution is 2.47. The van der Waals surface area contributed by atoms with Crippen LogP contribution >= 0.6 is 0 Å². The molecule has 23 nitrogen and oxygen atoms in total. The van der Waals surface area contributed by atoms with E-state index in [1.807, 2.05) is 62.4 Å². The van der Waals surface area contributed by atoms with Crippen molar-refractivity contribution in [1.82, 2.24) is 19.6 Å². The van der Waals surface area contributed by atoms with E-state index in [9.17, 15) is 35.4 Å². The maximum absolute atomic E-state index is 14.7. The quantitative estimate of drug-likeness (QED) is 0.0347. The molecular weight excluding hydrogens is 1510 g/mol. The first-order valence-electron chi connectivity index (χ1n) is 44.6. The molecule has 0 aromatic rings. The highest BCUT2D eigenvalue weighted by Gasteiger charge is 2.56. The van der Waals surface area contributed by atoms with Crippen molar-refractivity contribution in [2.75, 3.05) is 55.4 Å². The molecule has 5 aliphatic rings. The molecule has 0 aromatic heterocycles. The average molecular weight is 1690 g/mol. The molecule has 5 fully saturated rings. The maximum Gasteiger partial charge on any atom is 0.373 e. The third-order valence-corrected chi connectivity index (χ3v) is 36.7. The Morgan fingerprint density at radius 1 is 0.612 bits per heavy atom. The van der Waals surface area contributed by atoms with Gasteiger partial charge in [-0.15, -0.1) is 0 Å². The van der Waals surface area contributed by atoms with Crippen molar-refractivity contribution in [2.45, 2.75) is 466 Å². The van der Waals surface area contributed by atoms with E-state index in [0.29, 0.717) is 69.2 Å². The van der Waals surface area contributed by atoms with Crippen molar-refractivity contribution in [2.24, 2.45) is 52.3 Å². The zero-order valence-corrected chi connectivity index (χ0v) is 83.6. The molecule has 5 aliphatic heterocycles. The van der Waals surface area contributed by atoms with Crippen molar-refractivity contribution in [3.8, 4) is 0 Å². The summed E-state index contributed by atoms with van der Waals surface area (Å²) in [6.45, 7) is 74.1. The summed E-state index contributed by atoms with van der Waals surface area (Å²) in [7, 11) is 7.67. The second-order valence-electron chi connectivity index (χ2n) is 43.4. The van der Waals surface area contributed by atoms with Crippen LogP contribution in [-0.2, 0) is 61.1 Å². The zero-order chi connectivity index (χ0) is 90.4. The molecule has 0 amide bonds. The number of likely N-dealkylation sites (N-methyl/N-ethyl adjacent to an activating group) is 2. The van der Waals surface area contributed by atoms with E-state index in [2.05, 4.69) is 226 Å². The van der Waals surface area contributed by atoms with E-state index in [0.717, 1.165) is 19.3 Å².